The third kappa shape index (κ3) is 4.64. The van der Waals surface area contributed by atoms with Crippen LogP contribution < -0.4 is 5.32 Å². The Morgan fingerprint density at radius 2 is 2.12 bits per heavy atom. The van der Waals surface area contributed by atoms with Crippen molar-refractivity contribution in [3.63, 3.8) is 0 Å². The number of carbonyl (C=O) groups is 1. The Labute approximate surface area is 142 Å². The van der Waals surface area contributed by atoms with Crippen molar-refractivity contribution < 1.29 is 9.53 Å². The van der Waals surface area contributed by atoms with Crippen LogP contribution in [0.1, 0.15) is 49.0 Å². The van der Waals surface area contributed by atoms with Crippen LogP contribution in [-0.2, 0) is 4.74 Å². The molecule has 0 radical (unpaired) electrons. The number of aromatic nitrogens is 3. The molecule has 0 atom stereocenters. The SMILES string of the molecule is O=C(NCCCOC1CCCCC1)c1cc(-c2ccccn2)n[nH]1. The van der Waals surface area contributed by atoms with Crippen LogP contribution in [0, 0.1) is 0 Å². The first-order valence-corrected chi connectivity index (χ1v) is 8.69. The molecule has 0 aliphatic heterocycles. The van der Waals surface area contributed by atoms with E-state index in [0.29, 0.717) is 30.6 Å². The van der Waals surface area contributed by atoms with Gasteiger partial charge in [-0.15, -0.1) is 0 Å². The van der Waals surface area contributed by atoms with Crippen LogP contribution in [0.25, 0.3) is 11.4 Å². The fourth-order valence-electron chi connectivity index (χ4n) is 2.93. The van der Waals surface area contributed by atoms with Crippen molar-refractivity contribution >= 4 is 5.91 Å². The van der Waals surface area contributed by atoms with Crippen molar-refractivity contribution in [2.45, 2.75) is 44.6 Å². The van der Waals surface area contributed by atoms with Crippen molar-refractivity contribution in [2.75, 3.05) is 13.2 Å². The summed E-state index contributed by atoms with van der Waals surface area (Å²) in [5.74, 6) is -0.151. The molecule has 1 amide bonds. The molecule has 1 aliphatic rings. The number of nitrogens with one attached hydrogen (secondary N) is 2. The zero-order valence-corrected chi connectivity index (χ0v) is 13.8. The van der Waals surface area contributed by atoms with Gasteiger partial charge in [-0.1, -0.05) is 25.3 Å². The van der Waals surface area contributed by atoms with Gasteiger partial charge in [-0.05, 0) is 37.5 Å². The molecule has 0 spiro atoms. The molecular formula is C18H24N4O2. The predicted octanol–water partition coefficient (Wildman–Crippen LogP) is 2.94. The van der Waals surface area contributed by atoms with Gasteiger partial charge in [-0.2, -0.15) is 5.10 Å². The molecule has 2 heterocycles. The first kappa shape index (κ1) is 16.6. The lowest BCUT2D eigenvalue weighted by molar-refractivity contribution is 0.0273. The third-order valence-electron chi connectivity index (χ3n) is 4.26. The summed E-state index contributed by atoms with van der Waals surface area (Å²) in [5, 5.41) is 9.79. The Kier molecular flexibility index (Phi) is 5.96. The molecule has 3 rings (SSSR count). The number of nitrogens with zero attached hydrogens (tertiary/aromatic N) is 2. The van der Waals surface area contributed by atoms with Crippen molar-refractivity contribution in [3.05, 3.63) is 36.2 Å². The summed E-state index contributed by atoms with van der Waals surface area (Å²) in [6, 6.07) is 7.32. The molecule has 6 nitrogen and oxygen atoms in total. The predicted molar refractivity (Wildman–Crippen MR) is 91.6 cm³/mol. The van der Waals surface area contributed by atoms with Crippen LogP contribution in [-0.4, -0.2) is 40.3 Å². The van der Waals surface area contributed by atoms with E-state index in [4.69, 9.17) is 4.74 Å². The highest BCUT2D eigenvalue weighted by atomic mass is 16.5. The fraction of sp³-hybridized carbons (Fsp3) is 0.500. The maximum atomic E-state index is 12.1. The fourth-order valence-corrected chi connectivity index (χ4v) is 2.93. The molecule has 1 saturated carbocycles. The molecule has 2 aromatic rings. The standard InChI is InChI=1S/C18H24N4O2/c23-18(20-11-6-12-24-14-7-2-1-3-8-14)17-13-16(21-22-17)15-9-4-5-10-19-15/h4-5,9-10,13-14H,1-3,6-8,11-12H2,(H,20,23)(H,21,22). The number of pyridine rings is 1. The number of aromatic amines is 1. The van der Waals surface area contributed by atoms with E-state index < -0.39 is 0 Å². The number of H-pyrrole nitrogens is 1. The second-order valence-electron chi connectivity index (χ2n) is 6.12. The average molecular weight is 328 g/mol. The van der Waals surface area contributed by atoms with Crippen molar-refractivity contribution in [1.82, 2.24) is 20.5 Å². The number of rotatable bonds is 7. The summed E-state index contributed by atoms with van der Waals surface area (Å²) in [6.07, 6.45) is 9.19. The molecule has 0 bridgehead atoms. The molecule has 24 heavy (non-hydrogen) atoms. The van der Waals surface area contributed by atoms with E-state index in [9.17, 15) is 4.79 Å². The van der Waals surface area contributed by atoms with Crippen molar-refractivity contribution in [3.8, 4) is 11.4 Å². The maximum absolute atomic E-state index is 12.1. The number of amides is 1. The minimum atomic E-state index is -0.151. The van der Waals surface area contributed by atoms with Gasteiger partial charge < -0.3 is 10.1 Å². The van der Waals surface area contributed by atoms with Gasteiger partial charge in [0.15, 0.2) is 0 Å². The molecule has 1 fully saturated rings. The molecule has 2 aromatic heterocycles. The Bertz CT molecular complexity index is 635. The molecule has 6 heteroatoms. The smallest absolute Gasteiger partial charge is 0.269 e. The van der Waals surface area contributed by atoms with Crippen LogP contribution in [0.15, 0.2) is 30.5 Å². The topological polar surface area (TPSA) is 79.9 Å². The van der Waals surface area contributed by atoms with E-state index in [1.165, 1.54) is 32.1 Å². The maximum Gasteiger partial charge on any atom is 0.269 e. The minimum absolute atomic E-state index is 0.151. The van der Waals surface area contributed by atoms with Crippen LogP contribution >= 0.6 is 0 Å². The Hall–Kier alpha value is -2.21. The minimum Gasteiger partial charge on any atom is -0.378 e. The van der Waals surface area contributed by atoms with E-state index in [1.807, 2.05) is 18.2 Å². The lowest BCUT2D eigenvalue weighted by atomic mass is 9.98. The van der Waals surface area contributed by atoms with Gasteiger partial charge in [0, 0.05) is 19.3 Å². The lowest BCUT2D eigenvalue weighted by Crippen LogP contribution is -2.26. The zero-order valence-electron chi connectivity index (χ0n) is 13.8. The summed E-state index contributed by atoms with van der Waals surface area (Å²) in [5.41, 5.74) is 1.86. The second kappa shape index (κ2) is 8.59. The van der Waals surface area contributed by atoms with E-state index in [-0.39, 0.29) is 5.91 Å². The highest BCUT2D eigenvalue weighted by Crippen LogP contribution is 2.20. The normalized spacial score (nSPS) is 15.3. The van der Waals surface area contributed by atoms with Gasteiger partial charge in [0.05, 0.1) is 11.8 Å². The largest absolute Gasteiger partial charge is 0.378 e. The van der Waals surface area contributed by atoms with Crippen LogP contribution in [0.5, 0.6) is 0 Å². The lowest BCUT2D eigenvalue weighted by Gasteiger charge is -2.21. The summed E-state index contributed by atoms with van der Waals surface area (Å²) in [7, 11) is 0. The Morgan fingerprint density at radius 3 is 2.92 bits per heavy atom. The van der Waals surface area contributed by atoms with E-state index in [2.05, 4.69) is 20.5 Å². The number of hydrogen-bond acceptors (Lipinski definition) is 4. The second-order valence-corrected chi connectivity index (χ2v) is 6.12. The van der Waals surface area contributed by atoms with Gasteiger partial charge in [0.1, 0.15) is 11.4 Å². The molecule has 0 aromatic carbocycles. The number of hydrogen-bond donors (Lipinski definition) is 2. The zero-order chi connectivity index (χ0) is 16.6. The van der Waals surface area contributed by atoms with Crippen molar-refractivity contribution in [1.29, 1.82) is 0 Å². The molecule has 0 unspecified atom stereocenters. The summed E-state index contributed by atoms with van der Waals surface area (Å²) >= 11 is 0. The molecular weight excluding hydrogens is 304 g/mol. The first-order valence-electron chi connectivity index (χ1n) is 8.69. The van der Waals surface area contributed by atoms with Gasteiger partial charge in [0.2, 0.25) is 0 Å². The Morgan fingerprint density at radius 1 is 1.25 bits per heavy atom. The van der Waals surface area contributed by atoms with Gasteiger partial charge in [0.25, 0.3) is 5.91 Å². The first-order chi connectivity index (χ1) is 11.8. The quantitative estimate of drug-likeness (QED) is 0.766. The van der Waals surface area contributed by atoms with Crippen molar-refractivity contribution in [2.24, 2.45) is 0 Å². The van der Waals surface area contributed by atoms with Gasteiger partial charge in [-0.25, -0.2) is 0 Å². The number of ether oxygens (including phenoxy) is 1. The van der Waals surface area contributed by atoms with Crippen LogP contribution in [0.4, 0.5) is 0 Å². The van der Waals surface area contributed by atoms with E-state index >= 15 is 0 Å². The van der Waals surface area contributed by atoms with Gasteiger partial charge >= 0.3 is 0 Å². The van der Waals surface area contributed by atoms with E-state index in [0.717, 1.165) is 12.1 Å². The summed E-state index contributed by atoms with van der Waals surface area (Å²) in [6.45, 7) is 1.30. The highest BCUT2D eigenvalue weighted by molar-refractivity contribution is 5.93. The van der Waals surface area contributed by atoms with Gasteiger partial charge in [-0.3, -0.25) is 14.9 Å². The molecule has 0 saturated heterocycles. The number of carbonyl (C=O) groups excluding carboxylic acids is 1. The van der Waals surface area contributed by atoms with Crippen LogP contribution in [0.2, 0.25) is 0 Å². The van der Waals surface area contributed by atoms with Crippen LogP contribution in [0.3, 0.4) is 0 Å². The highest BCUT2D eigenvalue weighted by Gasteiger charge is 2.14. The molecule has 128 valence electrons. The molecule has 1 aliphatic carbocycles. The Balaban J connectivity index is 1.38. The summed E-state index contributed by atoms with van der Waals surface area (Å²) in [4.78, 5) is 16.3. The summed E-state index contributed by atoms with van der Waals surface area (Å²) < 4.78 is 5.85. The monoisotopic (exact) mass is 328 g/mol. The van der Waals surface area contributed by atoms with E-state index in [1.54, 1.807) is 12.3 Å². The third-order valence-corrected chi connectivity index (χ3v) is 4.26. The average Bonchev–Trinajstić information content (AvgIpc) is 3.13. The molecule has 2 N–H and O–H groups in total.